The molecule has 3 nitrogen and oxygen atoms in total. The first-order chi connectivity index (χ1) is 10.7. The van der Waals surface area contributed by atoms with Crippen LogP contribution in [-0.2, 0) is 6.42 Å². The molecule has 1 fully saturated rings. The van der Waals surface area contributed by atoms with Crippen LogP contribution in [0.4, 0.5) is 5.69 Å². The van der Waals surface area contributed by atoms with E-state index in [4.69, 9.17) is 0 Å². The normalized spacial score (nSPS) is 15.8. The molecule has 2 aromatic carbocycles. The predicted molar refractivity (Wildman–Crippen MR) is 90.6 cm³/mol. The summed E-state index contributed by atoms with van der Waals surface area (Å²) in [5, 5.41) is 0. The van der Waals surface area contributed by atoms with E-state index in [2.05, 4.69) is 29.0 Å². The molecule has 2 aromatic rings. The molecule has 0 radical (unpaired) electrons. The van der Waals surface area contributed by atoms with Crippen molar-refractivity contribution in [3.63, 3.8) is 0 Å². The molecule has 0 amide bonds. The maximum atomic E-state index is 12.3. The SMILES string of the molecule is CN1CCN(c2ccc(C(=O)Cc3ccccc3)cc2)CC1. The van der Waals surface area contributed by atoms with E-state index in [-0.39, 0.29) is 5.78 Å². The summed E-state index contributed by atoms with van der Waals surface area (Å²) in [4.78, 5) is 17.0. The predicted octanol–water partition coefficient (Wildman–Crippen LogP) is 2.86. The number of carbonyl (C=O) groups is 1. The number of anilines is 1. The Labute approximate surface area is 132 Å². The van der Waals surface area contributed by atoms with Gasteiger partial charge in [0.25, 0.3) is 0 Å². The van der Waals surface area contributed by atoms with E-state index in [9.17, 15) is 4.79 Å². The zero-order valence-electron chi connectivity index (χ0n) is 13.0. The smallest absolute Gasteiger partial charge is 0.167 e. The van der Waals surface area contributed by atoms with E-state index in [0.29, 0.717) is 6.42 Å². The fourth-order valence-corrected chi connectivity index (χ4v) is 2.81. The lowest BCUT2D eigenvalue weighted by Crippen LogP contribution is -2.44. The summed E-state index contributed by atoms with van der Waals surface area (Å²) in [7, 11) is 2.16. The Kier molecular flexibility index (Phi) is 4.54. The molecule has 22 heavy (non-hydrogen) atoms. The number of carbonyl (C=O) groups excluding carboxylic acids is 1. The highest BCUT2D eigenvalue weighted by Crippen LogP contribution is 2.18. The number of rotatable bonds is 4. The van der Waals surface area contributed by atoms with Gasteiger partial charge in [-0.3, -0.25) is 4.79 Å². The number of Topliss-reactive ketones (excluding diaryl/α,β-unsaturated/α-hetero) is 1. The van der Waals surface area contributed by atoms with E-state index in [0.717, 1.165) is 37.3 Å². The minimum Gasteiger partial charge on any atom is -0.369 e. The van der Waals surface area contributed by atoms with Gasteiger partial charge in [0.05, 0.1) is 0 Å². The van der Waals surface area contributed by atoms with Gasteiger partial charge in [0.2, 0.25) is 0 Å². The van der Waals surface area contributed by atoms with Gasteiger partial charge in [0.15, 0.2) is 5.78 Å². The second-order valence-electron chi connectivity index (χ2n) is 5.92. The van der Waals surface area contributed by atoms with Crippen molar-refractivity contribution in [1.82, 2.24) is 4.90 Å². The molecule has 0 bridgehead atoms. The van der Waals surface area contributed by atoms with Crippen LogP contribution in [0.5, 0.6) is 0 Å². The largest absolute Gasteiger partial charge is 0.369 e. The lowest BCUT2D eigenvalue weighted by atomic mass is 10.0. The summed E-state index contributed by atoms with van der Waals surface area (Å²) in [5.74, 6) is 0.177. The van der Waals surface area contributed by atoms with Crippen LogP contribution in [0.2, 0.25) is 0 Å². The number of benzene rings is 2. The highest BCUT2D eigenvalue weighted by Gasteiger charge is 2.14. The lowest BCUT2D eigenvalue weighted by molar-refractivity contribution is 0.0993. The number of hydrogen-bond acceptors (Lipinski definition) is 3. The number of hydrogen-bond donors (Lipinski definition) is 0. The highest BCUT2D eigenvalue weighted by molar-refractivity contribution is 5.97. The van der Waals surface area contributed by atoms with Crippen LogP contribution in [-0.4, -0.2) is 43.9 Å². The number of nitrogens with zero attached hydrogens (tertiary/aromatic N) is 2. The van der Waals surface area contributed by atoms with Gasteiger partial charge < -0.3 is 9.80 Å². The highest BCUT2D eigenvalue weighted by atomic mass is 16.1. The molecule has 3 heteroatoms. The fraction of sp³-hybridized carbons (Fsp3) is 0.316. The summed E-state index contributed by atoms with van der Waals surface area (Å²) in [6, 6.07) is 18.0. The molecule has 3 rings (SSSR count). The molecular formula is C19H22N2O. The second kappa shape index (κ2) is 6.75. The maximum Gasteiger partial charge on any atom is 0.167 e. The Balaban J connectivity index is 1.65. The summed E-state index contributed by atoms with van der Waals surface area (Å²) >= 11 is 0. The monoisotopic (exact) mass is 294 g/mol. The van der Waals surface area contributed by atoms with Crippen LogP contribution in [0.15, 0.2) is 54.6 Å². The third-order valence-electron chi connectivity index (χ3n) is 4.27. The van der Waals surface area contributed by atoms with Crippen molar-refractivity contribution in [2.45, 2.75) is 6.42 Å². The van der Waals surface area contributed by atoms with Crippen LogP contribution in [0, 0.1) is 0 Å². The summed E-state index contributed by atoms with van der Waals surface area (Å²) < 4.78 is 0. The number of piperazine rings is 1. The van der Waals surface area contributed by atoms with E-state index < -0.39 is 0 Å². The van der Waals surface area contributed by atoms with Gasteiger partial charge >= 0.3 is 0 Å². The Morgan fingerprint density at radius 1 is 0.909 bits per heavy atom. The minimum absolute atomic E-state index is 0.177. The van der Waals surface area contributed by atoms with E-state index in [1.54, 1.807) is 0 Å². The molecular weight excluding hydrogens is 272 g/mol. The van der Waals surface area contributed by atoms with Crippen molar-refractivity contribution in [3.05, 3.63) is 65.7 Å². The number of ketones is 1. The van der Waals surface area contributed by atoms with Crippen LogP contribution >= 0.6 is 0 Å². The first-order valence-corrected chi connectivity index (χ1v) is 7.83. The summed E-state index contributed by atoms with van der Waals surface area (Å²) in [6.45, 7) is 4.28. The van der Waals surface area contributed by atoms with Crippen molar-refractivity contribution in [3.8, 4) is 0 Å². The third kappa shape index (κ3) is 3.55. The molecule has 0 spiro atoms. The molecule has 0 atom stereocenters. The summed E-state index contributed by atoms with van der Waals surface area (Å²) in [5.41, 5.74) is 3.07. The molecule has 1 saturated heterocycles. The third-order valence-corrected chi connectivity index (χ3v) is 4.27. The van der Waals surface area contributed by atoms with Gasteiger partial charge in [-0.05, 0) is 36.9 Å². The fourth-order valence-electron chi connectivity index (χ4n) is 2.81. The Morgan fingerprint density at radius 3 is 2.18 bits per heavy atom. The molecule has 114 valence electrons. The van der Waals surface area contributed by atoms with Crippen molar-refractivity contribution in [2.24, 2.45) is 0 Å². The van der Waals surface area contributed by atoms with Crippen molar-refractivity contribution in [1.29, 1.82) is 0 Å². The molecule has 0 unspecified atom stereocenters. The van der Waals surface area contributed by atoms with Gasteiger partial charge in [0.1, 0.15) is 0 Å². The van der Waals surface area contributed by atoms with Crippen molar-refractivity contribution < 1.29 is 4.79 Å². The molecule has 1 heterocycles. The quantitative estimate of drug-likeness (QED) is 0.810. The molecule has 1 aliphatic heterocycles. The second-order valence-corrected chi connectivity index (χ2v) is 5.92. The summed E-state index contributed by atoms with van der Waals surface area (Å²) in [6.07, 6.45) is 0.467. The van der Waals surface area contributed by atoms with Crippen LogP contribution < -0.4 is 4.90 Å². The zero-order chi connectivity index (χ0) is 15.4. The first-order valence-electron chi connectivity index (χ1n) is 7.83. The average Bonchev–Trinajstić information content (AvgIpc) is 2.57. The van der Waals surface area contributed by atoms with Gasteiger partial charge in [-0.25, -0.2) is 0 Å². The zero-order valence-corrected chi connectivity index (χ0v) is 13.0. The maximum absolute atomic E-state index is 12.3. The van der Waals surface area contributed by atoms with Crippen molar-refractivity contribution in [2.75, 3.05) is 38.1 Å². The average molecular weight is 294 g/mol. The van der Waals surface area contributed by atoms with E-state index in [1.165, 1.54) is 5.69 Å². The topological polar surface area (TPSA) is 23.6 Å². The molecule has 0 aliphatic carbocycles. The Hall–Kier alpha value is -2.13. The number of likely N-dealkylation sites (N-methyl/N-ethyl adjacent to an activating group) is 1. The first kappa shape index (κ1) is 14.8. The van der Waals surface area contributed by atoms with E-state index >= 15 is 0 Å². The lowest BCUT2D eigenvalue weighted by Gasteiger charge is -2.34. The molecule has 0 N–H and O–H groups in total. The van der Waals surface area contributed by atoms with Gasteiger partial charge in [-0.15, -0.1) is 0 Å². The Bertz CT molecular complexity index is 614. The van der Waals surface area contributed by atoms with Gasteiger partial charge in [-0.2, -0.15) is 0 Å². The molecule has 0 saturated carbocycles. The standard InChI is InChI=1S/C19H22N2O/c1-20-11-13-21(14-12-20)18-9-7-17(8-10-18)19(22)15-16-5-3-2-4-6-16/h2-10H,11-15H2,1H3. The van der Waals surface area contributed by atoms with Crippen LogP contribution in [0.1, 0.15) is 15.9 Å². The van der Waals surface area contributed by atoms with Crippen molar-refractivity contribution >= 4 is 11.5 Å². The van der Waals surface area contributed by atoms with Crippen LogP contribution in [0.25, 0.3) is 0 Å². The van der Waals surface area contributed by atoms with Gasteiger partial charge in [0, 0.05) is 43.9 Å². The molecule has 0 aromatic heterocycles. The Morgan fingerprint density at radius 2 is 1.55 bits per heavy atom. The minimum atomic E-state index is 0.177. The van der Waals surface area contributed by atoms with Crippen LogP contribution in [0.3, 0.4) is 0 Å². The molecule has 1 aliphatic rings. The van der Waals surface area contributed by atoms with E-state index in [1.807, 2.05) is 42.5 Å². The van der Waals surface area contributed by atoms with Gasteiger partial charge in [-0.1, -0.05) is 30.3 Å².